The van der Waals surface area contributed by atoms with Crippen molar-refractivity contribution < 1.29 is 19.1 Å². The van der Waals surface area contributed by atoms with Crippen LogP contribution in [-0.4, -0.2) is 61.1 Å². The number of benzene rings is 1. The minimum atomic E-state index is -0.505. The van der Waals surface area contributed by atoms with Gasteiger partial charge in [0.25, 0.3) is 0 Å². The Morgan fingerprint density at radius 1 is 1.29 bits per heavy atom. The summed E-state index contributed by atoms with van der Waals surface area (Å²) in [5, 5.41) is 5.71. The topological polar surface area (TPSA) is 92.8 Å². The number of pyridine rings is 1. The van der Waals surface area contributed by atoms with Crippen molar-refractivity contribution in [2.24, 2.45) is 0 Å². The Kier molecular flexibility index (Phi) is 7.83. The van der Waals surface area contributed by atoms with Gasteiger partial charge in [0.1, 0.15) is 18.1 Å². The summed E-state index contributed by atoms with van der Waals surface area (Å²) in [6.45, 7) is 6.65. The monoisotopic (exact) mass is 426 g/mol. The quantitative estimate of drug-likeness (QED) is 0.592. The second-order valence-corrected chi connectivity index (χ2v) is 7.55. The average molecular weight is 427 g/mol. The number of aromatic nitrogens is 1. The first kappa shape index (κ1) is 22.6. The van der Waals surface area contributed by atoms with E-state index in [4.69, 9.17) is 9.47 Å². The lowest BCUT2D eigenvalue weighted by atomic mass is 10.00. The molecule has 0 spiro atoms. The van der Waals surface area contributed by atoms with Crippen molar-refractivity contribution in [3.8, 4) is 11.5 Å². The molecule has 8 nitrogen and oxygen atoms in total. The zero-order chi connectivity index (χ0) is 22.2. The van der Waals surface area contributed by atoms with Crippen molar-refractivity contribution in [3.05, 3.63) is 53.3 Å². The molecule has 2 aromatic rings. The van der Waals surface area contributed by atoms with Crippen LogP contribution in [0.2, 0.25) is 0 Å². The first-order chi connectivity index (χ1) is 15.0. The SMILES string of the molecule is COc1ccc(CN2CCNC(=O)C2CC(=O)NCCOc2cccnc2)c(C)c1C. The molecule has 8 heteroatoms. The van der Waals surface area contributed by atoms with Gasteiger partial charge >= 0.3 is 0 Å². The minimum absolute atomic E-state index is 0.104. The van der Waals surface area contributed by atoms with Crippen LogP contribution in [0.1, 0.15) is 23.1 Å². The molecule has 166 valence electrons. The third-order valence-corrected chi connectivity index (χ3v) is 5.59. The maximum atomic E-state index is 12.5. The van der Waals surface area contributed by atoms with Crippen molar-refractivity contribution in [3.63, 3.8) is 0 Å². The Bertz CT molecular complexity index is 904. The number of methoxy groups -OCH3 is 1. The number of nitrogens with zero attached hydrogens (tertiary/aromatic N) is 2. The van der Waals surface area contributed by atoms with Gasteiger partial charge in [0.2, 0.25) is 11.8 Å². The molecule has 2 heterocycles. The van der Waals surface area contributed by atoms with Gasteiger partial charge in [-0.3, -0.25) is 19.5 Å². The highest BCUT2D eigenvalue weighted by molar-refractivity contribution is 5.88. The fourth-order valence-electron chi connectivity index (χ4n) is 3.68. The first-order valence-corrected chi connectivity index (χ1v) is 10.4. The van der Waals surface area contributed by atoms with Gasteiger partial charge in [-0.05, 0) is 48.7 Å². The summed E-state index contributed by atoms with van der Waals surface area (Å²) in [4.78, 5) is 31.0. The molecule has 3 rings (SSSR count). The molecule has 0 aliphatic carbocycles. The van der Waals surface area contributed by atoms with Crippen LogP contribution in [0, 0.1) is 13.8 Å². The van der Waals surface area contributed by atoms with Crippen LogP contribution in [0.25, 0.3) is 0 Å². The van der Waals surface area contributed by atoms with Crippen molar-refractivity contribution in [1.29, 1.82) is 0 Å². The number of hydrogen-bond donors (Lipinski definition) is 2. The summed E-state index contributed by atoms with van der Waals surface area (Å²) < 4.78 is 10.9. The summed E-state index contributed by atoms with van der Waals surface area (Å²) in [6, 6.07) is 7.07. The molecule has 0 bridgehead atoms. The summed E-state index contributed by atoms with van der Waals surface area (Å²) in [6.07, 6.45) is 3.40. The Balaban J connectivity index is 1.56. The molecule has 1 aliphatic heterocycles. The van der Waals surface area contributed by atoms with Crippen LogP contribution < -0.4 is 20.1 Å². The maximum Gasteiger partial charge on any atom is 0.237 e. The standard InChI is InChI=1S/C23H30N4O4/c1-16-17(2)21(30-3)7-6-18(16)15-27-11-9-26-23(29)20(27)13-22(28)25-10-12-31-19-5-4-8-24-14-19/h4-8,14,20H,9-13,15H2,1-3H3,(H,25,28)(H,26,29). The summed E-state index contributed by atoms with van der Waals surface area (Å²) in [5.74, 6) is 1.21. The number of ether oxygens (including phenoxy) is 2. The van der Waals surface area contributed by atoms with E-state index in [0.29, 0.717) is 38.5 Å². The zero-order valence-electron chi connectivity index (χ0n) is 18.3. The molecule has 0 radical (unpaired) electrons. The first-order valence-electron chi connectivity index (χ1n) is 10.4. The highest BCUT2D eigenvalue weighted by atomic mass is 16.5. The van der Waals surface area contributed by atoms with Crippen LogP contribution in [0.15, 0.2) is 36.7 Å². The van der Waals surface area contributed by atoms with Gasteiger partial charge in [0.05, 0.1) is 32.3 Å². The number of rotatable bonds is 9. The van der Waals surface area contributed by atoms with E-state index in [1.165, 1.54) is 0 Å². The predicted octanol–water partition coefficient (Wildman–Crippen LogP) is 1.59. The van der Waals surface area contributed by atoms with Crippen LogP contribution in [0.4, 0.5) is 0 Å². The Morgan fingerprint density at radius 3 is 2.87 bits per heavy atom. The molecule has 1 aromatic carbocycles. The van der Waals surface area contributed by atoms with E-state index in [0.717, 1.165) is 22.4 Å². The Labute approximate surface area is 182 Å². The second kappa shape index (κ2) is 10.8. The van der Waals surface area contributed by atoms with Gasteiger partial charge < -0.3 is 20.1 Å². The molecular weight excluding hydrogens is 396 g/mol. The molecule has 0 saturated carbocycles. The summed E-state index contributed by atoms with van der Waals surface area (Å²) in [5.41, 5.74) is 3.36. The molecule has 1 aliphatic rings. The zero-order valence-corrected chi connectivity index (χ0v) is 18.3. The van der Waals surface area contributed by atoms with E-state index in [2.05, 4.69) is 27.4 Å². The van der Waals surface area contributed by atoms with Crippen LogP contribution >= 0.6 is 0 Å². The third-order valence-electron chi connectivity index (χ3n) is 5.59. The lowest BCUT2D eigenvalue weighted by Gasteiger charge is -2.35. The molecule has 1 unspecified atom stereocenters. The fraction of sp³-hybridized carbons (Fsp3) is 0.435. The lowest BCUT2D eigenvalue weighted by molar-refractivity contribution is -0.134. The molecular formula is C23H30N4O4. The van der Waals surface area contributed by atoms with Gasteiger partial charge in [-0.2, -0.15) is 0 Å². The second-order valence-electron chi connectivity index (χ2n) is 7.55. The molecule has 2 amide bonds. The number of carbonyl (C=O) groups is 2. The van der Waals surface area contributed by atoms with Gasteiger partial charge in [-0.1, -0.05) is 6.07 Å². The summed E-state index contributed by atoms with van der Waals surface area (Å²) in [7, 11) is 1.66. The predicted molar refractivity (Wildman–Crippen MR) is 117 cm³/mol. The number of nitrogens with one attached hydrogen (secondary N) is 2. The van der Waals surface area contributed by atoms with E-state index in [9.17, 15) is 9.59 Å². The van der Waals surface area contributed by atoms with E-state index in [-0.39, 0.29) is 18.2 Å². The van der Waals surface area contributed by atoms with E-state index in [1.807, 2.05) is 25.1 Å². The fourth-order valence-corrected chi connectivity index (χ4v) is 3.68. The van der Waals surface area contributed by atoms with Gasteiger partial charge in [-0.15, -0.1) is 0 Å². The molecule has 1 fully saturated rings. The molecule has 1 atom stereocenters. The average Bonchev–Trinajstić information content (AvgIpc) is 2.77. The van der Waals surface area contributed by atoms with Gasteiger partial charge in [0, 0.05) is 25.8 Å². The minimum Gasteiger partial charge on any atom is -0.496 e. The van der Waals surface area contributed by atoms with Gasteiger partial charge in [0.15, 0.2) is 0 Å². The Morgan fingerprint density at radius 2 is 2.13 bits per heavy atom. The number of hydrogen-bond acceptors (Lipinski definition) is 6. The number of piperazine rings is 1. The highest BCUT2D eigenvalue weighted by Crippen LogP contribution is 2.26. The normalized spacial score (nSPS) is 16.5. The number of carbonyl (C=O) groups excluding carboxylic acids is 2. The van der Waals surface area contributed by atoms with E-state index in [1.54, 1.807) is 25.6 Å². The van der Waals surface area contributed by atoms with Crippen LogP contribution in [0.5, 0.6) is 11.5 Å². The van der Waals surface area contributed by atoms with Crippen molar-refractivity contribution in [1.82, 2.24) is 20.5 Å². The highest BCUT2D eigenvalue weighted by Gasteiger charge is 2.31. The summed E-state index contributed by atoms with van der Waals surface area (Å²) >= 11 is 0. The molecule has 1 saturated heterocycles. The van der Waals surface area contributed by atoms with Gasteiger partial charge in [-0.25, -0.2) is 0 Å². The Hall–Kier alpha value is -3.13. The van der Waals surface area contributed by atoms with E-state index >= 15 is 0 Å². The molecule has 1 aromatic heterocycles. The maximum absolute atomic E-state index is 12.5. The van der Waals surface area contributed by atoms with Crippen LogP contribution in [-0.2, 0) is 16.1 Å². The molecule has 2 N–H and O–H groups in total. The van der Waals surface area contributed by atoms with Crippen LogP contribution in [0.3, 0.4) is 0 Å². The van der Waals surface area contributed by atoms with Crippen molar-refractivity contribution >= 4 is 11.8 Å². The largest absolute Gasteiger partial charge is 0.496 e. The molecule has 31 heavy (non-hydrogen) atoms. The number of amides is 2. The lowest BCUT2D eigenvalue weighted by Crippen LogP contribution is -2.56. The smallest absolute Gasteiger partial charge is 0.237 e. The van der Waals surface area contributed by atoms with Crippen molar-refractivity contribution in [2.75, 3.05) is 33.4 Å². The van der Waals surface area contributed by atoms with Crippen molar-refractivity contribution in [2.45, 2.75) is 32.9 Å². The van der Waals surface area contributed by atoms with E-state index < -0.39 is 6.04 Å². The third kappa shape index (κ3) is 5.95.